The van der Waals surface area contributed by atoms with Crippen LogP contribution in [0.15, 0.2) is 36.7 Å². The van der Waals surface area contributed by atoms with Crippen LogP contribution >= 0.6 is 0 Å². The Balaban J connectivity index is 1.53. The van der Waals surface area contributed by atoms with Gasteiger partial charge in [0.05, 0.1) is 22.6 Å². The first kappa shape index (κ1) is 19.4. The van der Waals surface area contributed by atoms with Crippen LogP contribution in [0.5, 0.6) is 0 Å². The highest BCUT2D eigenvalue weighted by Gasteiger charge is 2.20. The second-order valence-electron chi connectivity index (χ2n) is 7.76. The largest absolute Gasteiger partial charge is 0.368 e. The van der Waals surface area contributed by atoms with E-state index in [0.29, 0.717) is 22.5 Å². The van der Waals surface area contributed by atoms with E-state index in [-0.39, 0.29) is 11.6 Å². The number of hydrogen-bond donors (Lipinski definition) is 2. The van der Waals surface area contributed by atoms with Crippen molar-refractivity contribution in [3.05, 3.63) is 59.4 Å². The van der Waals surface area contributed by atoms with E-state index < -0.39 is 5.82 Å². The standard InChI is InChI=1S/C22H22FN7O/c1-13-9-17-19(29-7-5-24-6-8-29)4-3-16(20(17)28-27-13)22(31)26-15-10-18(23)21-25-14(2)11-30(21)12-15/h3-4,9-12,24H,5-8H2,1-2H3,(H,26,31). The zero-order chi connectivity index (χ0) is 21.5. The number of hydrogen-bond acceptors (Lipinski definition) is 6. The van der Waals surface area contributed by atoms with Crippen LogP contribution in [0.4, 0.5) is 15.8 Å². The molecule has 0 spiro atoms. The number of amides is 1. The fraction of sp³-hybridized carbons (Fsp3) is 0.273. The second-order valence-corrected chi connectivity index (χ2v) is 7.76. The molecule has 0 bridgehead atoms. The van der Waals surface area contributed by atoms with Crippen LogP contribution in [-0.2, 0) is 0 Å². The number of pyridine rings is 1. The number of nitrogens with zero attached hydrogens (tertiary/aromatic N) is 5. The summed E-state index contributed by atoms with van der Waals surface area (Å²) >= 11 is 0. The molecule has 0 saturated carbocycles. The Bertz CT molecular complexity index is 1310. The van der Waals surface area contributed by atoms with E-state index in [1.807, 2.05) is 19.1 Å². The highest BCUT2D eigenvalue weighted by Crippen LogP contribution is 2.29. The Morgan fingerprint density at radius 3 is 2.71 bits per heavy atom. The van der Waals surface area contributed by atoms with Gasteiger partial charge in [-0.05, 0) is 32.0 Å². The first-order chi connectivity index (χ1) is 15.0. The van der Waals surface area contributed by atoms with E-state index in [0.717, 1.165) is 42.9 Å². The van der Waals surface area contributed by atoms with Gasteiger partial charge < -0.3 is 19.9 Å². The van der Waals surface area contributed by atoms with Crippen LogP contribution in [-0.4, -0.2) is 51.7 Å². The van der Waals surface area contributed by atoms with Gasteiger partial charge in [-0.3, -0.25) is 4.79 Å². The topological polar surface area (TPSA) is 87.5 Å². The number of rotatable bonds is 3. The number of nitrogens with one attached hydrogen (secondary N) is 2. The normalized spacial score (nSPS) is 14.4. The fourth-order valence-electron chi connectivity index (χ4n) is 4.02. The van der Waals surface area contributed by atoms with Gasteiger partial charge in [-0.25, -0.2) is 9.37 Å². The minimum Gasteiger partial charge on any atom is -0.368 e. The summed E-state index contributed by atoms with van der Waals surface area (Å²) in [5, 5.41) is 15.5. The van der Waals surface area contributed by atoms with Gasteiger partial charge in [0.1, 0.15) is 5.52 Å². The molecule has 31 heavy (non-hydrogen) atoms. The van der Waals surface area contributed by atoms with Crippen molar-refractivity contribution in [3.63, 3.8) is 0 Å². The van der Waals surface area contributed by atoms with Crippen LogP contribution < -0.4 is 15.5 Å². The maximum atomic E-state index is 14.4. The Labute approximate surface area is 178 Å². The predicted molar refractivity (Wildman–Crippen MR) is 117 cm³/mol. The predicted octanol–water partition coefficient (Wildman–Crippen LogP) is 2.70. The summed E-state index contributed by atoms with van der Waals surface area (Å²) < 4.78 is 16.0. The molecular formula is C22H22FN7O. The summed E-state index contributed by atoms with van der Waals surface area (Å²) in [4.78, 5) is 19.5. The number of carbonyl (C=O) groups excluding carboxylic acids is 1. The van der Waals surface area contributed by atoms with E-state index >= 15 is 0 Å². The highest BCUT2D eigenvalue weighted by atomic mass is 19.1. The lowest BCUT2D eigenvalue weighted by molar-refractivity contribution is 0.102. The van der Waals surface area contributed by atoms with Crippen molar-refractivity contribution in [3.8, 4) is 0 Å². The molecule has 1 aliphatic rings. The van der Waals surface area contributed by atoms with Gasteiger partial charge in [0.2, 0.25) is 0 Å². The van der Waals surface area contributed by atoms with Gasteiger partial charge in [-0.2, -0.15) is 5.10 Å². The molecule has 1 fully saturated rings. The zero-order valence-electron chi connectivity index (χ0n) is 17.3. The second kappa shape index (κ2) is 7.59. The van der Waals surface area contributed by atoms with Crippen LogP contribution in [0.1, 0.15) is 21.7 Å². The third kappa shape index (κ3) is 3.57. The van der Waals surface area contributed by atoms with Gasteiger partial charge in [-0.15, -0.1) is 5.10 Å². The van der Waals surface area contributed by atoms with Crippen molar-refractivity contribution in [2.45, 2.75) is 13.8 Å². The van der Waals surface area contributed by atoms with Crippen LogP contribution in [0.25, 0.3) is 16.6 Å². The van der Waals surface area contributed by atoms with E-state index in [1.54, 1.807) is 29.8 Å². The summed E-state index contributed by atoms with van der Waals surface area (Å²) in [5.41, 5.74) is 4.00. The molecule has 9 heteroatoms. The first-order valence-electron chi connectivity index (χ1n) is 10.2. The van der Waals surface area contributed by atoms with Crippen molar-refractivity contribution in [1.82, 2.24) is 24.9 Å². The Hall–Kier alpha value is -3.59. The van der Waals surface area contributed by atoms with Gasteiger partial charge in [0, 0.05) is 55.7 Å². The lowest BCUT2D eigenvalue weighted by Crippen LogP contribution is -2.43. The van der Waals surface area contributed by atoms with E-state index in [4.69, 9.17) is 0 Å². The van der Waals surface area contributed by atoms with Gasteiger partial charge in [0.25, 0.3) is 5.91 Å². The summed E-state index contributed by atoms with van der Waals surface area (Å²) in [5.74, 6) is -0.870. The lowest BCUT2D eigenvalue weighted by atomic mass is 10.1. The number of halogens is 1. The highest BCUT2D eigenvalue weighted by molar-refractivity contribution is 6.13. The molecule has 4 heterocycles. The monoisotopic (exact) mass is 419 g/mol. The number of anilines is 2. The summed E-state index contributed by atoms with van der Waals surface area (Å²) in [6.45, 7) is 7.24. The molecule has 1 saturated heterocycles. The molecule has 0 unspecified atom stereocenters. The minimum atomic E-state index is -0.500. The van der Waals surface area contributed by atoms with Crippen molar-refractivity contribution in [2.75, 3.05) is 36.4 Å². The fourth-order valence-corrected chi connectivity index (χ4v) is 4.02. The number of piperazine rings is 1. The number of fused-ring (bicyclic) bond motifs is 2. The molecule has 1 aromatic carbocycles. The van der Waals surface area contributed by atoms with Crippen molar-refractivity contribution in [2.24, 2.45) is 0 Å². The number of aryl methyl sites for hydroxylation is 2. The maximum Gasteiger partial charge on any atom is 0.257 e. The molecule has 8 nitrogen and oxygen atoms in total. The molecule has 1 amide bonds. The zero-order valence-corrected chi connectivity index (χ0v) is 17.3. The molecule has 4 aromatic rings. The maximum absolute atomic E-state index is 14.4. The number of benzene rings is 1. The first-order valence-corrected chi connectivity index (χ1v) is 10.2. The van der Waals surface area contributed by atoms with Crippen LogP contribution in [0, 0.1) is 19.7 Å². The SMILES string of the molecule is Cc1cc2c(N3CCNCC3)ccc(C(=O)Nc3cc(F)c4nc(C)cn4c3)c2nn1. The number of carbonyl (C=O) groups is 1. The lowest BCUT2D eigenvalue weighted by Gasteiger charge is -2.30. The quantitative estimate of drug-likeness (QED) is 0.531. The smallest absolute Gasteiger partial charge is 0.257 e. The average Bonchev–Trinajstić information content (AvgIpc) is 3.14. The molecular weight excluding hydrogens is 397 g/mol. The minimum absolute atomic E-state index is 0.225. The summed E-state index contributed by atoms with van der Waals surface area (Å²) in [6.07, 6.45) is 3.35. The van der Waals surface area contributed by atoms with Gasteiger partial charge in [0.15, 0.2) is 11.5 Å². The van der Waals surface area contributed by atoms with Crippen LogP contribution in [0.3, 0.4) is 0 Å². The molecule has 0 atom stereocenters. The van der Waals surface area contributed by atoms with E-state index in [9.17, 15) is 9.18 Å². The van der Waals surface area contributed by atoms with E-state index in [1.165, 1.54) is 6.07 Å². The third-order valence-electron chi connectivity index (χ3n) is 5.44. The van der Waals surface area contributed by atoms with Gasteiger partial charge >= 0.3 is 0 Å². The molecule has 1 aliphatic heterocycles. The molecule has 0 radical (unpaired) electrons. The van der Waals surface area contributed by atoms with Gasteiger partial charge in [-0.1, -0.05) is 0 Å². The third-order valence-corrected chi connectivity index (χ3v) is 5.44. The van der Waals surface area contributed by atoms with Crippen LogP contribution in [0.2, 0.25) is 0 Å². The van der Waals surface area contributed by atoms with Crippen molar-refractivity contribution >= 4 is 33.8 Å². The average molecular weight is 419 g/mol. The number of imidazole rings is 1. The van der Waals surface area contributed by atoms with Crippen molar-refractivity contribution in [1.29, 1.82) is 0 Å². The molecule has 158 valence electrons. The number of aromatic nitrogens is 4. The summed E-state index contributed by atoms with van der Waals surface area (Å²) in [7, 11) is 0. The molecule has 3 aromatic heterocycles. The Morgan fingerprint density at radius 2 is 1.90 bits per heavy atom. The summed E-state index contributed by atoms with van der Waals surface area (Å²) in [6, 6.07) is 6.94. The molecule has 2 N–H and O–H groups in total. The molecule has 5 rings (SSSR count). The molecule has 0 aliphatic carbocycles. The Morgan fingerprint density at radius 1 is 1.10 bits per heavy atom. The Kier molecular flexibility index (Phi) is 4.74. The van der Waals surface area contributed by atoms with Crippen molar-refractivity contribution < 1.29 is 9.18 Å². The van der Waals surface area contributed by atoms with E-state index in [2.05, 4.69) is 30.7 Å².